The van der Waals surface area contributed by atoms with Gasteiger partial charge in [-0.3, -0.25) is 0 Å². The van der Waals surface area contributed by atoms with Crippen molar-refractivity contribution >= 4 is 0 Å². The molecular formula is C14H22N2. The maximum atomic E-state index is 6.23. The molecule has 2 nitrogen and oxygen atoms in total. The van der Waals surface area contributed by atoms with Crippen molar-refractivity contribution in [3.8, 4) is 0 Å². The van der Waals surface area contributed by atoms with E-state index >= 15 is 0 Å². The topological polar surface area (TPSA) is 29.3 Å². The predicted octanol–water partition coefficient (Wildman–Crippen LogP) is 2.07. The Morgan fingerprint density at radius 3 is 2.62 bits per heavy atom. The van der Waals surface area contributed by atoms with Crippen LogP contribution in [0.3, 0.4) is 0 Å². The third-order valence-corrected chi connectivity index (χ3v) is 3.53. The molecule has 16 heavy (non-hydrogen) atoms. The lowest BCUT2D eigenvalue weighted by Gasteiger charge is -2.15. The van der Waals surface area contributed by atoms with Crippen LogP contribution in [0, 0.1) is 5.92 Å². The van der Waals surface area contributed by atoms with Crippen molar-refractivity contribution in [3.05, 3.63) is 35.9 Å². The molecule has 2 rings (SSSR count). The van der Waals surface area contributed by atoms with Crippen LogP contribution < -0.4 is 5.73 Å². The zero-order valence-electron chi connectivity index (χ0n) is 10.3. The van der Waals surface area contributed by atoms with Gasteiger partial charge in [0.2, 0.25) is 0 Å². The maximum Gasteiger partial charge on any atom is 0.00853 e. The largest absolute Gasteiger partial charge is 0.327 e. The van der Waals surface area contributed by atoms with Crippen molar-refractivity contribution in [2.75, 3.05) is 20.6 Å². The average molecular weight is 218 g/mol. The van der Waals surface area contributed by atoms with E-state index in [1.54, 1.807) is 0 Å². The lowest BCUT2D eigenvalue weighted by atomic mass is 10.0. The Morgan fingerprint density at radius 2 is 2.00 bits per heavy atom. The summed E-state index contributed by atoms with van der Waals surface area (Å²) in [5.41, 5.74) is 7.69. The van der Waals surface area contributed by atoms with Crippen LogP contribution in [0.1, 0.15) is 24.3 Å². The normalized spacial score (nSPS) is 25.8. The minimum atomic E-state index is 0.368. The predicted molar refractivity (Wildman–Crippen MR) is 68.4 cm³/mol. The second-order valence-electron chi connectivity index (χ2n) is 5.17. The Morgan fingerprint density at radius 1 is 1.31 bits per heavy atom. The fourth-order valence-corrected chi connectivity index (χ4v) is 2.39. The van der Waals surface area contributed by atoms with Gasteiger partial charge in [-0.25, -0.2) is 0 Å². The summed E-state index contributed by atoms with van der Waals surface area (Å²) >= 11 is 0. The van der Waals surface area contributed by atoms with E-state index in [1.165, 1.54) is 12.0 Å². The molecule has 1 aliphatic rings. The highest BCUT2D eigenvalue weighted by atomic mass is 15.0. The quantitative estimate of drug-likeness (QED) is 0.820. The van der Waals surface area contributed by atoms with Crippen molar-refractivity contribution < 1.29 is 0 Å². The number of hydrogen-bond donors (Lipinski definition) is 1. The standard InChI is InChI=1S/C14H22N2/c1-16(2)9-8-14(15)13-10-12(13)11-6-4-3-5-7-11/h3-7,12-14H,8-10,15H2,1-2H3. The van der Waals surface area contributed by atoms with Crippen LogP contribution in [0.15, 0.2) is 30.3 Å². The average Bonchev–Trinajstić information content (AvgIpc) is 3.07. The molecule has 1 aromatic rings. The molecule has 2 heteroatoms. The van der Waals surface area contributed by atoms with Gasteiger partial charge >= 0.3 is 0 Å². The Kier molecular flexibility index (Phi) is 3.62. The first-order valence-electron chi connectivity index (χ1n) is 6.13. The summed E-state index contributed by atoms with van der Waals surface area (Å²) in [5.74, 6) is 1.43. The Balaban J connectivity index is 1.82. The van der Waals surface area contributed by atoms with Crippen molar-refractivity contribution in [1.29, 1.82) is 0 Å². The van der Waals surface area contributed by atoms with Gasteiger partial charge in [-0.1, -0.05) is 30.3 Å². The highest BCUT2D eigenvalue weighted by Crippen LogP contribution is 2.49. The Hall–Kier alpha value is -0.860. The maximum absolute atomic E-state index is 6.23. The molecule has 0 aliphatic heterocycles. The van der Waals surface area contributed by atoms with E-state index in [1.807, 2.05) is 0 Å². The zero-order chi connectivity index (χ0) is 11.5. The second kappa shape index (κ2) is 4.98. The molecule has 1 saturated carbocycles. The summed E-state index contributed by atoms with van der Waals surface area (Å²) in [4.78, 5) is 2.21. The first-order chi connectivity index (χ1) is 7.68. The number of nitrogens with zero attached hydrogens (tertiary/aromatic N) is 1. The van der Waals surface area contributed by atoms with Gasteiger partial charge in [0.15, 0.2) is 0 Å². The van der Waals surface area contributed by atoms with Crippen LogP contribution in [-0.2, 0) is 0 Å². The molecule has 1 fully saturated rings. The SMILES string of the molecule is CN(C)CCC(N)C1CC1c1ccccc1. The molecule has 0 saturated heterocycles. The smallest absolute Gasteiger partial charge is 0.00853 e. The molecule has 1 aliphatic carbocycles. The summed E-state index contributed by atoms with van der Waals surface area (Å²) in [6, 6.07) is 11.1. The molecule has 0 spiro atoms. The molecule has 0 amide bonds. The fourth-order valence-electron chi connectivity index (χ4n) is 2.39. The van der Waals surface area contributed by atoms with Gasteiger partial charge in [0.1, 0.15) is 0 Å². The number of rotatable bonds is 5. The molecule has 0 heterocycles. The van der Waals surface area contributed by atoms with Crippen LogP contribution in [0.2, 0.25) is 0 Å². The minimum absolute atomic E-state index is 0.368. The zero-order valence-corrected chi connectivity index (χ0v) is 10.3. The van der Waals surface area contributed by atoms with E-state index in [-0.39, 0.29) is 0 Å². The first-order valence-corrected chi connectivity index (χ1v) is 6.13. The lowest BCUT2D eigenvalue weighted by molar-refractivity contribution is 0.368. The van der Waals surface area contributed by atoms with Crippen LogP contribution in [0.5, 0.6) is 0 Å². The van der Waals surface area contributed by atoms with Crippen molar-refractivity contribution in [2.24, 2.45) is 11.7 Å². The number of nitrogens with two attached hydrogens (primary N) is 1. The number of hydrogen-bond acceptors (Lipinski definition) is 2. The van der Waals surface area contributed by atoms with Crippen molar-refractivity contribution in [3.63, 3.8) is 0 Å². The molecule has 0 bridgehead atoms. The van der Waals surface area contributed by atoms with E-state index < -0.39 is 0 Å². The van der Waals surface area contributed by atoms with Gasteiger partial charge in [-0.2, -0.15) is 0 Å². The van der Waals surface area contributed by atoms with E-state index in [2.05, 4.69) is 49.3 Å². The summed E-state index contributed by atoms with van der Waals surface area (Å²) in [6.45, 7) is 1.10. The lowest BCUT2D eigenvalue weighted by Crippen LogP contribution is -2.28. The second-order valence-corrected chi connectivity index (χ2v) is 5.17. The van der Waals surface area contributed by atoms with E-state index in [9.17, 15) is 0 Å². The molecule has 3 unspecified atom stereocenters. The highest BCUT2D eigenvalue weighted by Gasteiger charge is 2.41. The van der Waals surface area contributed by atoms with Crippen molar-refractivity contribution in [1.82, 2.24) is 4.90 Å². The third-order valence-electron chi connectivity index (χ3n) is 3.53. The molecule has 2 N–H and O–H groups in total. The summed E-state index contributed by atoms with van der Waals surface area (Å²) in [7, 11) is 4.21. The van der Waals surface area contributed by atoms with Crippen LogP contribution >= 0.6 is 0 Å². The van der Waals surface area contributed by atoms with Gasteiger partial charge in [-0.05, 0) is 50.9 Å². The van der Waals surface area contributed by atoms with Gasteiger partial charge < -0.3 is 10.6 Å². The third kappa shape index (κ3) is 2.83. The van der Waals surface area contributed by atoms with E-state index in [0.29, 0.717) is 12.0 Å². The molecule has 3 atom stereocenters. The summed E-state index contributed by atoms with van der Waals surface area (Å²) in [5, 5.41) is 0. The van der Waals surface area contributed by atoms with Crippen LogP contribution in [-0.4, -0.2) is 31.6 Å². The van der Waals surface area contributed by atoms with Crippen LogP contribution in [0.4, 0.5) is 0 Å². The van der Waals surface area contributed by atoms with Gasteiger partial charge in [0.25, 0.3) is 0 Å². The van der Waals surface area contributed by atoms with E-state index in [0.717, 1.165) is 18.9 Å². The molecule has 88 valence electrons. The molecular weight excluding hydrogens is 196 g/mol. The monoisotopic (exact) mass is 218 g/mol. The summed E-state index contributed by atoms with van der Waals surface area (Å²) in [6.07, 6.45) is 2.39. The minimum Gasteiger partial charge on any atom is -0.327 e. The van der Waals surface area contributed by atoms with Crippen LogP contribution in [0.25, 0.3) is 0 Å². The molecule has 1 aromatic carbocycles. The van der Waals surface area contributed by atoms with Gasteiger partial charge in [-0.15, -0.1) is 0 Å². The van der Waals surface area contributed by atoms with E-state index in [4.69, 9.17) is 5.73 Å². The number of benzene rings is 1. The highest BCUT2D eigenvalue weighted by molar-refractivity contribution is 5.26. The Bertz CT molecular complexity index is 321. The van der Waals surface area contributed by atoms with Gasteiger partial charge in [0.05, 0.1) is 0 Å². The molecule has 0 aromatic heterocycles. The Labute approximate surface area is 98.4 Å². The summed E-state index contributed by atoms with van der Waals surface area (Å²) < 4.78 is 0. The first kappa shape index (κ1) is 11.6. The molecule has 0 radical (unpaired) electrons. The van der Waals surface area contributed by atoms with Crippen molar-refractivity contribution in [2.45, 2.75) is 24.8 Å². The van der Waals surface area contributed by atoms with Gasteiger partial charge in [0, 0.05) is 6.04 Å². The fraction of sp³-hybridized carbons (Fsp3) is 0.571.